The van der Waals surface area contributed by atoms with Crippen LogP contribution in [0.25, 0.3) is 0 Å². The topological polar surface area (TPSA) is 88.2 Å². The highest BCUT2D eigenvalue weighted by atomic mass is 16.6. The molecule has 1 atom stereocenters. The molecule has 0 saturated carbocycles. The molecule has 2 aliphatic rings. The maximum absolute atomic E-state index is 13.1. The Bertz CT molecular complexity index is 769. The Balaban J connectivity index is 1.45. The highest BCUT2D eigenvalue weighted by Crippen LogP contribution is 2.25. The maximum atomic E-state index is 13.1. The molecule has 1 N–H and O–H groups in total. The van der Waals surface area contributed by atoms with Crippen LogP contribution in [0, 0.1) is 5.92 Å². The summed E-state index contributed by atoms with van der Waals surface area (Å²) in [5.74, 6) is -0.116. The van der Waals surface area contributed by atoms with E-state index in [0.29, 0.717) is 32.5 Å². The molecule has 2 aliphatic heterocycles. The molecule has 31 heavy (non-hydrogen) atoms. The van der Waals surface area contributed by atoms with E-state index in [0.717, 1.165) is 18.4 Å². The number of carbonyl (C=O) groups excluding carboxylic acids is 3. The molecule has 2 fully saturated rings. The van der Waals surface area contributed by atoms with Crippen molar-refractivity contribution in [3.63, 3.8) is 0 Å². The van der Waals surface area contributed by atoms with Gasteiger partial charge in [-0.3, -0.25) is 4.79 Å². The smallest absolute Gasteiger partial charge is 0.410 e. The molecule has 2 heterocycles. The van der Waals surface area contributed by atoms with Gasteiger partial charge in [0.15, 0.2) is 0 Å². The third-order valence-corrected chi connectivity index (χ3v) is 5.53. The zero-order chi connectivity index (χ0) is 22.4. The fourth-order valence-corrected chi connectivity index (χ4v) is 3.98. The average molecular weight is 432 g/mol. The van der Waals surface area contributed by atoms with Crippen LogP contribution in [0.4, 0.5) is 9.59 Å². The molecule has 0 bridgehead atoms. The van der Waals surface area contributed by atoms with Gasteiger partial charge in [-0.15, -0.1) is 0 Å². The molecule has 170 valence electrons. The Morgan fingerprint density at radius 1 is 1.03 bits per heavy atom. The normalized spacial score (nSPS) is 19.8. The van der Waals surface area contributed by atoms with Gasteiger partial charge in [0.25, 0.3) is 0 Å². The van der Waals surface area contributed by atoms with Gasteiger partial charge in [0.1, 0.15) is 18.4 Å². The van der Waals surface area contributed by atoms with Gasteiger partial charge in [0, 0.05) is 25.6 Å². The molecule has 0 spiro atoms. The molecule has 1 aromatic rings. The van der Waals surface area contributed by atoms with Crippen molar-refractivity contribution in [1.82, 2.24) is 15.1 Å². The summed E-state index contributed by atoms with van der Waals surface area (Å²) in [4.78, 5) is 40.9. The van der Waals surface area contributed by atoms with Gasteiger partial charge in [0.2, 0.25) is 5.91 Å². The second-order valence-electron chi connectivity index (χ2n) is 9.14. The quantitative estimate of drug-likeness (QED) is 0.788. The van der Waals surface area contributed by atoms with Crippen molar-refractivity contribution in [2.45, 2.75) is 64.8 Å². The summed E-state index contributed by atoms with van der Waals surface area (Å²) in [6.45, 7) is 7.27. The SMILES string of the molecule is CC(C)(C)OC(=O)N[C@@H]1CCCN1C(=O)C1CCN(C(=O)OCc2ccccc2)CC1. The first kappa shape index (κ1) is 22.9. The van der Waals surface area contributed by atoms with E-state index in [4.69, 9.17) is 9.47 Å². The van der Waals surface area contributed by atoms with Crippen LogP contribution >= 0.6 is 0 Å². The van der Waals surface area contributed by atoms with Crippen molar-refractivity contribution in [3.8, 4) is 0 Å². The van der Waals surface area contributed by atoms with Crippen LogP contribution in [0.5, 0.6) is 0 Å². The van der Waals surface area contributed by atoms with E-state index < -0.39 is 11.7 Å². The zero-order valence-corrected chi connectivity index (χ0v) is 18.6. The Labute approximate surface area is 183 Å². The Kier molecular flexibility index (Phi) is 7.41. The van der Waals surface area contributed by atoms with Gasteiger partial charge < -0.3 is 24.6 Å². The van der Waals surface area contributed by atoms with Crippen LogP contribution in [0.15, 0.2) is 30.3 Å². The molecule has 8 nitrogen and oxygen atoms in total. The third kappa shape index (κ3) is 6.60. The summed E-state index contributed by atoms with van der Waals surface area (Å²) in [6.07, 6.45) is 1.56. The molecule has 0 aromatic heterocycles. The van der Waals surface area contributed by atoms with Crippen molar-refractivity contribution in [1.29, 1.82) is 0 Å². The molecule has 3 rings (SSSR count). The van der Waals surface area contributed by atoms with E-state index in [1.807, 2.05) is 51.1 Å². The molecular formula is C23H33N3O5. The first-order valence-corrected chi connectivity index (χ1v) is 11.0. The third-order valence-electron chi connectivity index (χ3n) is 5.53. The Morgan fingerprint density at radius 3 is 2.35 bits per heavy atom. The predicted molar refractivity (Wildman–Crippen MR) is 115 cm³/mol. The largest absolute Gasteiger partial charge is 0.445 e. The standard InChI is InChI=1S/C23H33N3O5/c1-23(2,3)31-21(28)24-19-10-7-13-26(19)20(27)18-11-14-25(15-12-18)22(29)30-16-17-8-5-4-6-9-17/h4-6,8-9,18-19H,7,10-16H2,1-3H3,(H,24,28)/t19-/m0/s1. The van der Waals surface area contributed by atoms with Crippen LogP contribution in [0.1, 0.15) is 52.0 Å². The lowest BCUT2D eigenvalue weighted by molar-refractivity contribution is -0.138. The molecule has 0 unspecified atom stereocenters. The van der Waals surface area contributed by atoms with Gasteiger partial charge in [-0.25, -0.2) is 9.59 Å². The van der Waals surface area contributed by atoms with Gasteiger partial charge in [-0.1, -0.05) is 30.3 Å². The van der Waals surface area contributed by atoms with Crippen molar-refractivity contribution >= 4 is 18.1 Å². The summed E-state index contributed by atoms with van der Waals surface area (Å²) in [6, 6.07) is 9.56. The fourth-order valence-electron chi connectivity index (χ4n) is 3.98. The second kappa shape index (κ2) is 10.0. The maximum Gasteiger partial charge on any atom is 0.410 e. The molecule has 8 heteroatoms. The summed E-state index contributed by atoms with van der Waals surface area (Å²) in [5, 5.41) is 2.82. The monoisotopic (exact) mass is 431 g/mol. The minimum atomic E-state index is -0.584. The number of nitrogens with one attached hydrogen (secondary N) is 1. The van der Waals surface area contributed by atoms with Crippen LogP contribution in [-0.2, 0) is 20.9 Å². The van der Waals surface area contributed by atoms with Gasteiger partial charge in [0.05, 0.1) is 0 Å². The van der Waals surface area contributed by atoms with E-state index in [-0.39, 0.29) is 30.7 Å². The number of hydrogen-bond acceptors (Lipinski definition) is 5. The highest BCUT2D eigenvalue weighted by Gasteiger charge is 2.36. The first-order valence-electron chi connectivity index (χ1n) is 11.0. The van der Waals surface area contributed by atoms with E-state index in [1.165, 1.54) is 0 Å². The summed E-state index contributed by atoms with van der Waals surface area (Å²) in [7, 11) is 0. The lowest BCUT2D eigenvalue weighted by Gasteiger charge is -2.34. The van der Waals surface area contributed by atoms with Crippen LogP contribution in [0.2, 0.25) is 0 Å². The number of ether oxygens (including phenoxy) is 2. The van der Waals surface area contributed by atoms with Crippen molar-refractivity contribution in [3.05, 3.63) is 35.9 Å². The van der Waals surface area contributed by atoms with E-state index in [9.17, 15) is 14.4 Å². The predicted octanol–water partition coefficient (Wildman–Crippen LogP) is 3.51. The highest BCUT2D eigenvalue weighted by molar-refractivity contribution is 5.80. The number of hydrogen-bond donors (Lipinski definition) is 1. The Hall–Kier alpha value is -2.77. The Morgan fingerprint density at radius 2 is 1.71 bits per heavy atom. The van der Waals surface area contributed by atoms with E-state index >= 15 is 0 Å². The van der Waals surface area contributed by atoms with Crippen molar-refractivity contribution < 1.29 is 23.9 Å². The van der Waals surface area contributed by atoms with Crippen LogP contribution < -0.4 is 5.32 Å². The van der Waals surface area contributed by atoms with Gasteiger partial charge in [-0.2, -0.15) is 0 Å². The fraction of sp³-hybridized carbons (Fsp3) is 0.609. The second-order valence-corrected chi connectivity index (χ2v) is 9.14. The van der Waals surface area contributed by atoms with Crippen molar-refractivity contribution in [2.75, 3.05) is 19.6 Å². The van der Waals surface area contributed by atoms with E-state index in [1.54, 1.807) is 9.80 Å². The number of nitrogens with zero attached hydrogens (tertiary/aromatic N) is 2. The molecule has 0 radical (unpaired) electrons. The minimum Gasteiger partial charge on any atom is -0.445 e. The molecule has 1 aromatic carbocycles. The number of likely N-dealkylation sites (tertiary alicyclic amines) is 2. The lowest BCUT2D eigenvalue weighted by atomic mass is 9.95. The molecule has 0 aliphatic carbocycles. The zero-order valence-electron chi connectivity index (χ0n) is 18.6. The minimum absolute atomic E-state index is 0.0378. The first-order chi connectivity index (χ1) is 14.7. The summed E-state index contributed by atoms with van der Waals surface area (Å²) >= 11 is 0. The lowest BCUT2D eigenvalue weighted by Crippen LogP contribution is -2.51. The average Bonchev–Trinajstić information content (AvgIpc) is 3.18. The van der Waals surface area contributed by atoms with Crippen LogP contribution in [-0.4, -0.2) is 59.3 Å². The summed E-state index contributed by atoms with van der Waals surface area (Å²) < 4.78 is 10.7. The van der Waals surface area contributed by atoms with Crippen LogP contribution in [0.3, 0.4) is 0 Å². The number of carbonyl (C=O) groups is 3. The molecule has 3 amide bonds. The number of alkyl carbamates (subject to hydrolysis) is 1. The number of benzene rings is 1. The molecular weight excluding hydrogens is 398 g/mol. The number of rotatable bonds is 4. The van der Waals surface area contributed by atoms with E-state index in [2.05, 4.69) is 5.32 Å². The molecule has 2 saturated heterocycles. The summed E-state index contributed by atoms with van der Waals surface area (Å²) in [5.41, 5.74) is 0.359. The number of piperidine rings is 1. The van der Waals surface area contributed by atoms with Gasteiger partial charge in [-0.05, 0) is 52.0 Å². The van der Waals surface area contributed by atoms with Crippen molar-refractivity contribution in [2.24, 2.45) is 5.92 Å². The number of amides is 3. The van der Waals surface area contributed by atoms with Gasteiger partial charge >= 0.3 is 12.2 Å².